The van der Waals surface area contributed by atoms with Crippen LogP contribution in [0.1, 0.15) is 30.2 Å². The third kappa shape index (κ3) is 4.59. The Bertz CT molecular complexity index is 599. The van der Waals surface area contributed by atoms with Crippen molar-refractivity contribution in [2.45, 2.75) is 32.4 Å². The lowest BCUT2D eigenvalue weighted by atomic mass is 10.1. The van der Waals surface area contributed by atoms with Gasteiger partial charge in [0.15, 0.2) is 0 Å². The highest BCUT2D eigenvalue weighted by Gasteiger charge is 2.03. The molecule has 21 heavy (non-hydrogen) atoms. The molecule has 0 aliphatic rings. The minimum absolute atomic E-state index is 0.155. The monoisotopic (exact) mass is 281 g/mol. The van der Waals surface area contributed by atoms with Gasteiger partial charge in [-0.3, -0.25) is 4.98 Å². The van der Waals surface area contributed by atoms with Gasteiger partial charge in [0, 0.05) is 18.2 Å². The molecular formula is C17H19N3O. The Morgan fingerprint density at radius 1 is 1.24 bits per heavy atom. The molecule has 1 heterocycles. The SMILES string of the molecule is CCC(N)Cc1ccc(OCc2ccc(C#N)cc2)cn1. The predicted molar refractivity (Wildman–Crippen MR) is 81.7 cm³/mol. The van der Waals surface area contributed by atoms with E-state index in [1.165, 1.54) is 0 Å². The summed E-state index contributed by atoms with van der Waals surface area (Å²) in [6, 6.07) is 13.5. The molecule has 0 aliphatic carbocycles. The van der Waals surface area contributed by atoms with E-state index < -0.39 is 0 Å². The number of hydrogen-bond acceptors (Lipinski definition) is 4. The van der Waals surface area contributed by atoms with Crippen LogP contribution in [-0.2, 0) is 13.0 Å². The van der Waals surface area contributed by atoms with E-state index in [2.05, 4.69) is 18.0 Å². The summed E-state index contributed by atoms with van der Waals surface area (Å²) in [5, 5.41) is 8.74. The van der Waals surface area contributed by atoms with Gasteiger partial charge in [0.1, 0.15) is 12.4 Å². The van der Waals surface area contributed by atoms with Gasteiger partial charge in [-0.2, -0.15) is 5.26 Å². The zero-order valence-corrected chi connectivity index (χ0v) is 12.1. The lowest BCUT2D eigenvalue weighted by Crippen LogP contribution is -2.21. The second-order valence-electron chi connectivity index (χ2n) is 4.96. The first-order chi connectivity index (χ1) is 10.2. The van der Waals surface area contributed by atoms with E-state index >= 15 is 0 Å². The summed E-state index contributed by atoms with van der Waals surface area (Å²) in [6.07, 6.45) is 3.45. The van der Waals surface area contributed by atoms with Crippen molar-refractivity contribution in [3.8, 4) is 11.8 Å². The highest BCUT2D eigenvalue weighted by atomic mass is 16.5. The largest absolute Gasteiger partial charge is 0.487 e. The Kier molecular flexibility index (Phi) is 5.30. The van der Waals surface area contributed by atoms with Crippen LogP contribution in [0, 0.1) is 11.3 Å². The molecule has 0 saturated heterocycles. The van der Waals surface area contributed by atoms with Gasteiger partial charge in [-0.15, -0.1) is 0 Å². The maximum atomic E-state index is 8.74. The minimum atomic E-state index is 0.155. The number of hydrogen-bond donors (Lipinski definition) is 1. The molecule has 1 unspecified atom stereocenters. The number of nitrogens with two attached hydrogens (primary N) is 1. The molecule has 2 rings (SSSR count). The highest BCUT2D eigenvalue weighted by Crippen LogP contribution is 2.13. The molecule has 0 saturated carbocycles. The van der Waals surface area contributed by atoms with Crippen molar-refractivity contribution in [2.24, 2.45) is 5.73 Å². The Balaban J connectivity index is 1.89. The molecule has 2 N–H and O–H groups in total. The summed E-state index contributed by atoms with van der Waals surface area (Å²) < 4.78 is 5.68. The van der Waals surface area contributed by atoms with Gasteiger partial charge in [0.05, 0.1) is 17.8 Å². The molecular weight excluding hydrogens is 262 g/mol. The molecule has 1 aromatic heterocycles. The topological polar surface area (TPSA) is 71.9 Å². The fourth-order valence-electron chi connectivity index (χ4n) is 1.87. The summed E-state index contributed by atoms with van der Waals surface area (Å²) in [6.45, 7) is 2.53. The van der Waals surface area contributed by atoms with Gasteiger partial charge in [-0.25, -0.2) is 0 Å². The first kappa shape index (κ1) is 15.0. The molecule has 108 valence electrons. The van der Waals surface area contributed by atoms with E-state index in [-0.39, 0.29) is 6.04 Å². The van der Waals surface area contributed by atoms with Gasteiger partial charge in [0.2, 0.25) is 0 Å². The van der Waals surface area contributed by atoms with Crippen LogP contribution in [-0.4, -0.2) is 11.0 Å². The van der Waals surface area contributed by atoms with Crippen LogP contribution in [0.2, 0.25) is 0 Å². The van der Waals surface area contributed by atoms with Crippen LogP contribution in [0.3, 0.4) is 0 Å². The van der Waals surface area contributed by atoms with Crippen molar-refractivity contribution in [3.63, 3.8) is 0 Å². The van der Waals surface area contributed by atoms with Crippen LogP contribution in [0.25, 0.3) is 0 Å². The Labute approximate surface area is 125 Å². The quantitative estimate of drug-likeness (QED) is 0.883. The van der Waals surface area contributed by atoms with Gasteiger partial charge >= 0.3 is 0 Å². The first-order valence-corrected chi connectivity index (χ1v) is 7.03. The number of benzene rings is 1. The third-order valence-electron chi connectivity index (χ3n) is 3.28. The van der Waals surface area contributed by atoms with Crippen molar-refractivity contribution in [2.75, 3.05) is 0 Å². The summed E-state index contributed by atoms with van der Waals surface area (Å²) in [4.78, 5) is 4.36. The van der Waals surface area contributed by atoms with E-state index in [0.717, 1.165) is 29.8 Å². The molecule has 4 heteroatoms. The van der Waals surface area contributed by atoms with Gasteiger partial charge in [-0.05, 0) is 36.2 Å². The summed E-state index contributed by atoms with van der Waals surface area (Å²) in [5.74, 6) is 0.730. The van der Waals surface area contributed by atoms with Crippen LogP contribution < -0.4 is 10.5 Å². The second kappa shape index (κ2) is 7.41. The highest BCUT2D eigenvalue weighted by molar-refractivity contribution is 5.31. The average Bonchev–Trinajstić information content (AvgIpc) is 2.54. The molecule has 0 radical (unpaired) electrons. The molecule has 1 aromatic carbocycles. The van der Waals surface area contributed by atoms with Crippen molar-refractivity contribution < 1.29 is 4.74 Å². The van der Waals surface area contributed by atoms with Crippen molar-refractivity contribution in [3.05, 3.63) is 59.4 Å². The standard InChI is InChI=1S/C17H19N3O/c1-2-15(19)9-16-7-8-17(11-20-16)21-12-14-5-3-13(10-18)4-6-14/h3-8,11,15H,2,9,12,19H2,1H3. The number of nitrogens with zero attached hydrogens (tertiary/aromatic N) is 2. The van der Waals surface area contributed by atoms with Crippen LogP contribution in [0.5, 0.6) is 5.75 Å². The maximum absolute atomic E-state index is 8.74. The Morgan fingerprint density at radius 2 is 2.00 bits per heavy atom. The number of aromatic nitrogens is 1. The summed E-state index contributed by atoms with van der Waals surface area (Å²) in [7, 11) is 0. The van der Waals surface area contributed by atoms with Gasteiger partial charge in [0.25, 0.3) is 0 Å². The van der Waals surface area contributed by atoms with E-state index in [9.17, 15) is 0 Å². The maximum Gasteiger partial charge on any atom is 0.138 e. The van der Waals surface area contributed by atoms with Crippen LogP contribution in [0.15, 0.2) is 42.6 Å². The number of rotatable bonds is 6. The second-order valence-corrected chi connectivity index (χ2v) is 4.96. The summed E-state index contributed by atoms with van der Waals surface area (Å²) >= 11 is 0. The zero-order chi connectivity index (χ0) is 15.1. The van der Waals surface area contributed by atoms with Crippen molar-refractivity contribution >= 4 is 0 Å². The normalized spacial score (nSPS) is 11.7. The van der Waals surface area contributed by atoms with Gasteiger partial charge in [-0.1, -0.05) is 19.1 Å². The number of ether oxygens (including phenoxy) is 1. The Hall–Kier alpha value is -2.38. The molecule has 2 aromatic rings. The fourth-order valence-corrected chi connectivity index (χ4v) is 1.87. The Morgan fingerprint density at radius 3 is 2.57 bits per heavy atom. The molecule has 0 spiro atoms. The molecule has 0 aliphatic heterocycles. The lowest BCUT2D eigenvalue weighted by Gasteiger charge is -2.09. The van der Waals surface area contributed by atoms with Crippen molar-refractivity contribution in [1.29, 1.82) is 5.26 Å². The zero-order valence-electron chi connectivity index (χ0n) is 12.1. The van der Waals surface area contributed by atoms with E-state index in [1.54, 1.807) is 18.3 Å². The van der Waals surface area contributed by atoms with E-state index in [4.69, 9.17) is 15.7 Å². The fraction of sp³-hybridized carbons (Fsp3) is 0.294. The van der Waals surface area contributed by atoms with Crippen molar-refractivity contribution in [1.82, 2.24) is 4.98 Å². The molecule has 4 nitrogen and oxygen atoms in total. The molecule has 0 fully saturated rings. The smallest absolute Gasteiger partial charge is 0.138 e. The van der Waals surface area contributed by atoms with Crippen LogP contribution in [0.4, 0.5) is 0 Å². The summed E-state index contributed by atoms with van der Waals surface area (Å²) in [5.41, 5.74) is 8.56. The third-order valence-corrected chi connectivity index (χ3v) is 3.28. The molecule has 1 atom stereocenters. The molecule has 0 bridgehead atoms. The number of nitriles is 1. The average molecular weight is 281 g/mol. The van der Waals surface area contributed by atoms with E-state index in [1.807, 2.05) is 24.3 Å². The first-order valence-electron chi connectivity index (χ1n) is 7.03. The van der Waals surface area contributed by atoms with E-state index in [0.29, 0.717) is 12.2 Å². The van der Waals surface area contributed by atoms with Crippen LogP contribution >= 0.6 is 0 Å². The van der Waals surface area contributed by atoms with Gasteiger partial charge < -0.3 is 10.5 Å². The molecule has 0 amide bonds. The predicted octanol–water partition coefficient (Wildman–Crippen LogP) is 2.81. The minimum Gasteiger partial charge on any atom is -0.487 e. The number of pyridine rings is 1. The lowest BCUT2D eigenvalue weighted by molar-refractivity contribution is 0.304.